The fraction of sp³-hybridized carbons (Fsp3) is 0.176. The van der Waals surface area contributed by atoms with E-state index in [1.165, 1.54) is 16.2 Å². The van der Waals surface area contributed by atoms with Gasteiger partial charge in [0.2, 0.25) is 5.76 Å². The first-order valence-electron chi connectivity index (χ1n) is 7.02. The quantitative estimate of drug-likeness (QED) is 0.803. The Morgan fingerprint density at radius 2 is 2.05 bits per heavy atom. The SMILES string of the molecule is CCc1ccc2c(=O)n(Cc3ccc(C(=O)O)o3)ccc2c1. The van der Waals surface area contributed by atoms with E-state index in [-0.39, 0.29) is 17.9 Å². The third-order valence-electron chi connectivity index (χ3n) is 3.65. The van der Waals surface area contributed by atoms with Gasteiger partial charge in [0.05, 0.1) is 6.54 Å². The van der Waals surface area contributed by atoms with Crippen LogP contribution in [0.2, 0.25) is 0 Å². The van der Waals surface area contributed by atoms with Gasteiger partial charge in [-0.2, -0.15) is 0 Å². The normalized spacial score (nSPS) is 11.0. The number of carbonyl (C=O) groups is 1. The van der Waals surface area contributed by atoms with Gasteiger partial charge in [0.25, 0.3) is 5.56 Å². The molecule has 0 aliphatic carbocycles. The summed E-state index contributed by atoms with van der Waals surface area (Å²) in [5.74, 6) is -0.815. The summed E-state index contributed by atoms with van der Waals surface area (Å²) in [7, 11) is 0. The van der Waals surface area contributed by atoms with Crippen molar-refractivity contribution < 1.29 is 14.3 Å². The molecule has 0 aliphatic rings. The number of benzene rings is 1. The highest BCUT2D eigenvalue weighted by Gasteiger charge is 2.10. The molecule has 22 heavy (non-hydrogen) atoms. The lowest BCUT2D eigenvalue weighted by Gasteiger charge is -2.06. The number of aromatic nitrogens is 1. The van der Waals surface area contributed by atoms with E-state index in [0.717, 1.165) is 11.8 Å². The van der Waals surface area contributed by atoms with Gasteiger partial charge in [0.1, 0.15) is 5.76 Å². The molecule has 3 rings (SSSR count). The third-order valence-corrected chi connectivity index (χ3v) is 3.65. The van der Waals surface area contributed by atoms with Crippen LogP contribution in [0.1, 0.15) is 28.8 Å². The molecule has 0 amide bonds. The number of hydrogen-bond acceptors (Lipinski definition) is 3. The Morgan fingerprint density at radius 3 is 2.73 bits per heavy atom. The van der Waals surface area contributed by atoms with Crippen molar-refractivity contribution in [2.24, 2.45) is 0 Å². The van der Waals surface area contributed by atoms with E-state index in [1.54, 1.807) is 12.3 Å². The van der Waals surface area contributed by atoms with Gasteiger partial charge in [0.15, 0.2) is 0 Å². The minimum Gasteiger partial charge on any atom is -0.475 e. The van der Waals surface area contributed by atoms with Gasteiger partial charge in [0, 0.05) is 11.6 Å². The predicted molar refractivity (Wildman–Crippen MR) is 82.4 cm³/mol. The van der Waals surface area contributed by atoms with E-state index in [4.69, 9.17) is 9.52 Å². The number of carboxylic acids is 1. The smallest absolute Gasteiger partial charge is 0.371 e. The number of carboxylic acid groups (broad SMARTS) is 1. The number of aromatic carboxylic acids is 1. The molecule has 5 nitrogen and oxygen atoms in total. The van der Waals surface area contributed by atoms with E-state index >= 15 is 0 Å². The molecule has 5 heteroatoms. The van der Waals surface area contributed by atoms with Crippen molar-refractivity contribution in [2.45, 2.75) is 19.9 Å². The molecule has 3 aromatic rings. The number of aryl methyl sites for hydroxylation is 1. The van der Waals surface area contributed by atoms with Crippen molar-refractivity contribution in [1.29, 1.82) is 0 Å². The summed E-state index contributed by atoms with van der Waals surface area (Å²) >= 11 is 0. The summed E-state index contributed by atoms with van der Waals surface area (Å²) in [6.45, 7) is 2.27. The van der Waals surface area contributed by atoms with Crippen molar-refractivity contribution in [3.8, 4) is 0 Å². The van der Waals surface area contributed by atoms with Crippen LogP contribution in [0.25, 0.3) is 10.8 Å². The molecule has 112 valence electrons. The minimum atomic E-state index is -1.12. The maximum absolute atomic E-state index is 12.5. The summed E-state index contributed by atoms with van der Waals surface area (Å²) in [5, 5.41) is 10.4. The lowest BCUT2D eigenvalue weighted by molar-refractivity contribution is 0.0660. The standard InChI is InChI=1S/C17H15NO4/c1-2-11-3-5-14-12(9-11)7-8-18(16(14)19)10-13-4-6-15(22-13)17(20)21/h3-9H,2,10H2,1H3,(H,20,21). The van der Waals surface area contributed by atoms with E-state index in [0.29, 0.717) is 11.1 Å². The van der Waals surface area contributed by atoms with E-state index in [9.17, 15) is 9.59 Å². The largest absolute Gasteiger partial charge is 0.475 e. The van der Waals surface area contributed by atoms with E-state index in [2.05, 4.69) is 6.92 Å². The van der Waals surface area contributed by atoms with Gasteiger partial charge in [-0.3, -0.25) is 4.79 Å². The van der Waals surface area contributed by atoms with Crippen LogP contribution in [0, 0.1) is 0 Å². The van der Waals surface area contributed by atoms with Crippen molar-refractivity contribution in [3.05, 3.63) is 70.0 Å². The molecule has 0 saturated heterocycles. The number of rotatable bonds is 4. The molecule has 0 radical (unpaired) electrons. The number of fused-ring (bicyclic) bond motifs is 1. The van der Waals surface area contributed by atoms with Gasteiger partial charge >= 0.3 is 5.97 Å². The Labute approximate surface area is 126 Å². The highest BCUT2D eigenvalue weighted by molar-refractivity contribution is 5.84. The maximum Gasteiger partial charge on any atom is 0.371 e. The molecule has 0 aliphatic heterocycles. The third kappa shape index (κ3) is 2.53. The second kappa shape index (κ2) is 5.52. The zero-order valence-electron chi connectivity index (χ0n) is 12.1. The first-order chi connectivity index (χ1) is 10.6. The van der Waals surface area contributed by atoms with Crippen molar-refractivity contribution in [3.63, 3.8) is 0 Å². The number of pyridine rings is 1. The highest BCUT2D eigenvalue weighted by atomic mass is 16.4. The Morgan fingerprint density at radius 1 is 1.23 bits per heavy atom. The Balaban J connectivity index is 1.98. The molecule has 1 aromatic carbocycles. The first-order valence-corrected chi connectivity index (χ1v) is 7.02. The van der Waals surface area contributed by atoms with Crippen LogP contribution >= 0.6 is 0 Å². The molecular formula is C17H15NO4. The summed E-state index contributed by atoms with van der Waals surface area (Å²) in [6, 6.07) is 10.6. The van der Waals surface area contributed by atoms with Crippen molar-refractivity contribution >= 4 is 16.7 Å². The monoisotopic (exact) mass is 297 g/mol. The van der Waals surface area contributed by atoms with Crippen LogP contribution in [0.4, 0.5) is 0 Å². The fourth-order valence-electron chi connectivity index (χ4n) is 2.43. The number of hydrogen-bond donors (Lipinski definition) is 1. The van der Waals surface area contributed by atoms with Crippen LogP contribution in [0.15, 0.2) is 51.8 Å². The molecule has 2 aromatic heterocycles. The van der Waals surface area contributed by atoms with Gasteiger partial charge < -0.3 is 14.1 Å². The highest BCUT2D eigenvalue weighted by Crippen LogP contribution is 2.14. The molecule has 0 unspecified atom stereocenters. The van der Waals surface area contributed by atoms with Crippen LogP contribution in [0.3, 0.4) is 0 Å². The topological polar surface area (TPSA) is 72.4 Å². The first kappa shape index (κ1) is 14.1. The van der Waals surface area contributed by atoms with Gasteiger partial charge in [-0.15, -0.1) is 0 Å². The van der Waals surface area contributed by atoms with Gasteiger partial charge in [-0.05, 0) is 41.6 Å². The Bertz CT molecular complexity index is 904. The molecule has 0 atom stereocenters. The van der Waals surface area contributed by atoms with Crippen molar-refractivity contribution in [2.75, 3.05) is 0 Å². The van der Waals surface area contributed by atoms with Crippen molar-refractivity contribution in [1.82, 2.24) is 4.57 Å². The van der Waals surface area contributed by atoms with E-state index < -0.39 is 5.97 Å². The average Bonchev–Trinajstić information content (AvgIpc) is 2.98. The second-order valence-electron chi connectivity index (χ2n) is 5.10. The summed E-state index contributed by atoms with van der Waals surface area (Å²) < 4.78 is 6.71. The minimum absolute atomic E-state index is 0.117. The molecule has 0 fully saturated rings. The van der Waals surface area contributed by atoms with Crippen LogP contribution in [-0.4, -0.2) is 15.6 Å². The predicted octanol–water partition coefficient (Wildman–Crippen LogP) is 2.90. The van der Waals surface area contributed by atoms with E-state index in [1.807, 2.05) is 24.3 Å². The molecule has 1 N–H and O–H groups in total. The molecular weight excluding hydrogens is 282 g/mol. The molecule has 2 heterocycles. The zero-order chi connectivity index (χ0) is 15.7. The van der Waals surface area contributed by atoms with Crippen LogP contribution < -0.4 is 5.56 Å². The van der Waals surface area contributed by atoms with Gasteiger partial charge in [-0.25, -0.2) is 4.79 Å². The lowest BCUT2D eigenvalue weighted by Crippen LogP contribution is -2.19. The Hall–Kier alpha value is -2.82. The Kier molecular flexibility index (Phi) is 3.55. The molecule has 0 bridgehead atoms. The molecule has 0 spiro atoms. The zero-order valence-corrected chi connectivity index (χ0v) is 12.1. The van der Waals surface area contributed by atoms with Gasteiger partial charge in [-0.1, -0.05) is 19.1 Å². The summed E-state index contributed by atoms with van der Waals surface area (Å²) in [4.78, 5) is 23.3. The van der Waals surface area contributed by atoms with Crippen LogP contribution in [0.5, 0.6) is 0 Å². The molecule has 0 saturated carbocycles. The fourth-order valence-corrected chi connectivity index (χ4v) is 2.43. The van der Waals surface area contributed by atoms with Crippen LogP contribution in [-0.2, 0) is 13.0 Å². The second-order valence-corrected chi connectivity index (χ2v) is 5.10. The summed E-state index contributed by atoms with van der Waals surface area (Å²) in [5.41, 5.74) is 1.07. The maximum atomic E-state index is 12.5. The number of furan rings is 1. The lowest BCUT2D eigenvalue weighted by atomic mass is 10.1. The average molecular weight is 297 g/mol. The summed E-state index contributed by atoms with van der Waals surface area (Å²) in [6.07, 6.45) is 2.62. The number of nitrogens with zero attached hydrogens (tertiary/aromatic N) is 1.